The van der Waals surface area contributed by atoms with Crippen LogP contribution in [-0.4, -0.2) is 32.1 Å². The van der Waals surface area contributed by atoms with Gasteiger partial charge in [0.25, 0.3) is 0 Å². The van der Waals surface area contributed by atoms with E-state index in [1.807, 2.05) is 24.3 Å². The van der Waals surface area contributed by atoms with Gasteiger partial charge in [-0.15, -0.1) is 0 Å². The van der Waals surface area contributed by atoms with E-state index in [1.165, 1.54) is 0 Å². The molecule has 2 N–H and O–H groups in total. The van der Waals surface area contributed by atoms with Crippen molar-refractivity contribution < 1.29 is 15.0 Å². The van der Waals surface area contributed by atoms with Crippen molar-refractivity contribution in [3.05, 3.63) is 41.6 Å². The molecule has 1 unspecified atom stereocenters. The van der Waals surface area contributed by atoms with Gasteiger partial charge in [-0.25, -0.2) is 4.79 Å². The Morgan fingerprint density at radius 1 is 1.37 bits per heavy atom. The van der Waals surface area contributed by atoms with Crippen LogP contribution >= 0.6 is 0 Å². The van der Waals surface area contributed by atoms with Gasteiger partial charge in [0.15, 0.2) is 5.69 Å². The molecule has 0 bridgehead atoms. The smallest absolute Gasteiger partial charge is 0.356 e. The monoisotopic (exact) mass is 260 g/mol. The molecule has 2 aromatic rings. The number of benzene rings is 1. The number of rotatable bonds is 4. The quantitative estimate of drug-likeness (QED) is 0.877. The highest BCUT2D eigenvalue weighted by Crippen LogP contribution is 2.21. The lowest BCUT2D eigenvalue weighted by Gasteiger charge is -2.06. The molecule has 19 heavy (non-hydrogen) atoms. The molecule has 5 heteroatoms. The zero-order valence-electron chi connectivity index (χ0n) is 10.9. The largest absolute Gasteiger partial charge is 0.476 e. The number of aromatic carboxylic acids is 1. The zero-order valence-corrected chi connectivity index (χ0v) is 10.9. The van der Waals surface area contributed by atoms with Crippen LogP contribution in [0.3, 0.4) is 0 Å². The van der Waals surface area contributed by atoms with E-state index in [4.69, 9.17) is 5.11 Å². The Morgan fingerprint density at radius 2 is 2.00 bits per heavy atom. The Balaban J connectivity index is 2.29. The molecule has 0 saturated heterocycles. The summed E-state index contributed by atoms with van der Waals surface area (Å²) in [6, 6.07) is 9.21. The number of hydrogen-bond acceptors (Lipinski definition) is 3. The first-order valence-corrected chi connectivity index (χ1v) is 6.02. The minimum Gasteiger partial charge on any atom is -0.476 e. The van der Waals surface area contributed by atoms with Crippen LogP contribution in [0.25, 0.3) is 11.3 Å². The number of aliphatic hydroxyl groups is 1. The molecule has 0 saturated carbocycles. The van der Waals surface area contributed by atoms with E-state index in [9.17, 15) is 9.90 Å². The summed E-state index contributed by atoms with van der Waals surface area (Å²) >= 11 is 0. The molecule has 0 amide bonds. The normalized spacial score (nSPS) is 12.4. The van der Waals surface area contributed by atoms with Crippen LogP contribution in [0, 0.1) is 0 Å². The Kier molecular flexibility index (Phi) is 3.66. The van der Waals surface area contributed by atoms with Crippen LogP contribution in [0.5, 0.6) is 0 Å². The van der Waals surface area contributed by atoms with Crippen molar-refractivity contribution in [2.75, 3.05) is 0 Å². The Bertz CT molecular complexity index is 585. The Morgan fingerprint density at radius 3 is 2.47 bits per heavy atom. The molecule has 1 aromatic heterocycles. The van der Waals surface area contributed by atoms with Crippen LogP contribution in [0.2, 0.25) is 0 Å². The van der Waals surface area contributed by atoms with E-state index in [2.05, 4.69) is 5.10 Å². The Hall–Kier alpha value is -2.14. The molecule has 0 spiro atoms. The van der Waals surface area contributed by atoms with Gasteiger partial charge in [0, 0.05) is 7.05 Å². The number of aliphatic hydroxyl groups excluding tert-OH is 1. The van der Waals surface area contributed by atoms with Crippen molar-refractivity contribution in [1.29, 1.82) is 0 Å². The summed E-state index contributed by atoms with van der Waals surface area (Å²) in [5.74, 6) is -1.03. The summed E-state index contributed by atoms with van der Waals surface area (Å²) < 4.78 is 1.55. The minimum atomic E-state index is -1.03. The average molecular weight is 260 g/mol. The third-order valence-electron chi connectivity index (χ3n) is 2.88. The van der Waals surface area contributed by atoms with Gasteiger partial charge in [-0.3, -0.25) is 4.68 Å². The second kappa shape index (κ2) is 5.24. The van der Waals surface area contributed by atoms with E-state index < -0.39 is 5.97 Å². The van der Waals surface area contributed by atoms with Crippen LogP contribution in [-0.2, 0) is 13.5 Å². The SMILES string of the molecule is CC(O)Cc1ccc(-c2cc(C(=O)O)nn2C)cc1. The molecular weight excluding hydrogens is 244 g/mol. The molecule has 0 aliphatic carbocycles. The number of carbonyl (C=O) groups is 1. The molecule has 1 atom stereocenters. The summed E-state index contributed by atoms with van der Waals surface area (Å²) in [5.41, 5.74) is 2.72. The lowest BCUT2D eigenvalue weighted by Crippen LogP contribution is -2.03. The number of carboxylic acids is 1. The molecule has 100 valence electrons. The van der Waals surface area contributed by atoms with E-state index in [-0.39, 0.29) is 11.8 Å². The maximum Gasteiger partial charge on any atom is 0.356 e. The number of nitrogens with zero attached hydrogens (tertiary/aromatic N) is 2. The highest BCUT2D eigenvalue weighted by Gasteiger charge is 2.12. The maximum atomic E-state index is 10.9. The third kappa shape index (κ3) is 3.00. The lowest BCUT2D eigenvalue weighted by molar-refractivity contribution is 0.0689. The van der Waals surface area contributed by atoms with Crippen molar-refractivity contribution in [2.24, 2.45) is 7.05 Å². The second-order valence-corrected chi connectivity index (χ2v) is 4.59. The van der Waals surface area contributed by atoms with Gasteiger partial charge < -0.3 is 10.2 Å². The number of aryl methyl sites for hydroxylation is 1. The summed E-state index contributed by atoms with van der Waals surface area (Å²) in [5, 5.41) is 22.2. The summed E-state index contributed by atoms with van der Waals surface area (Å²) in [4.78, 5) is 10.9. The van der Waals surface area contributed by atoms with Crippen molar-refractivity contribution >= 4 is 5.97 Å². The highest BCUT2D eigenvalue weighted by atomic mass is 16.4. The minimum absolute atomic E-state index is 0.0329. The molecular formula is C14H16N2O3. The van der Waals surface area contributed by atoms with Crippen molar-refractivity contribution in [2.45, 2.75) is 19.4 Å². The van der Waals surface area contributed by atoms with Crippen LogP contribution in [0.4, 0.5) is 0 Å². The molecule has 1 aromatic carbocycles. The van der Waals surface area contributed by atoms with Crippen molar-refractivity contribution in [3.63, 3.8) is 0 Å². The maximum absolute atomic E-state index is 10.9. The fourth-order valence-corrected chi connectivity index (χ4v) is 1.99. The predicted molar refractivity (Wildman–Crippen MR) is 71.0 cm³/mol. The van der Waals surface area contributed by atoms with Gasteiger partial charge in [0.2, 0.25) is 0 Å². The number of carboxylic acid groups (broad SMARTS) is 1. The van der Waals surface area contributed by atoms with Crippen molar-refractivity contribution in [1.82, 2.24) is 9.78 Å². The fraction of sp³-hybridized carbons (Fsp3) is 0.286. The first-order valence-electron chi connectivity index (χ1n) is 6.02. The van der Waals surface area contributed by atoms with E-state index in [0.717, 1.165) is 16.8 Å². The first kappa shape index (κ1) is 13.3. The molecule has 0 radical (unpaired) electrons. The summed E-state index contributed by atoms with van der Waals surface area (Å²) in [6.45, 7) is 1.74. The van der Waals surface area contributed by atoms with E-state index in [1.54, 1.807) is 24.7 Å². The van der Waals surface area contributed by atoms with E-state index in [0.29, 0.717) is 6.42 Å². The van der Waals surface area contributed by atoms with Gasteiger partial charge in [0.1, 0.15) is 0 Å². The van der Waals surface area contributed by atoms with Gasteiger partial charge in [0.05, 0.1) is 11.8 Å². The van der Waals surface area contributed by atoms with Gasteiger partial charge in [-0.05, 0) is 30.5 Å². The number of hydrogen-bond donors (Lipinski definition) is 2. The van der Waals surface area contributed by atoms with Crippen LogP contribution < -0.4 is 0 Å². The van der Waals surface area contributed by atoms with Gasteiger partial charge in [-0.2, -0.15) is 5.10 Å². The molecule has 0 aliphatic heterocycles. The summed E-state index contributed by atoms with van der Waals surface area (Å²) in [6.07, 6.45) is 0.229. The highest BCUT2D eigenvalue weighted by molar-refractivity contribution is 5.87. The predicted octanol–water partition coefficient (Wildman–Crippen LogP) is 1.71. The first-order chi connectivity index (χ1) is 8.97. The molecule has 0 fully saturated rings. The van der Waals surface area contributed by atoms with Gasteiger partial charge in [-0.1, -0.05) is 24.3 Å². The van der Waals surface area contributed by atoms with Crippen molar-refractivity contribution in [3.8, 4) is 11.3 Å². The standard InChI is InChI=1S/C14H16N2O3/c1-9(17)7-10-3-5-11(6-4-10)13-8-12(14(18)19)15-16(13)2/h3-6,8-9,17H,7H2,1-2H3,(H,18,19). The third-order valence-corrected chi connectivity index (χ3v) is 2.88. The molecule has 1 heterocycles. The molecule has 5 nitrogen and oxygen atoms in total. The second-order valence-electron chi connectivity index (χ2n) is 4.59. The molecule has 2 rings (SSSR count). The lowest BCUT2D eigenvalue weighted by atomic mass is 10.0. The Labute approximate surface area is 111 Å². The van der Waals surface area contributed by atoms with E-state index >= 15 is 0 Å². The van der Waals surface area contributed by atoms with Crippen LogP contribution in [0.15, 0.2) is 30.3 Å². The van der Waals surface area contributed by atoms with Gasteiger partial charge >= 0.3 is 5.97 Å². The van der Waals surface area contributed by atoms with Crippen LogP contribution in [0.1, 0.15) is 23.0 Å². The fourth-order valence-electron chi connectivity index (χ4n) is 1.99. The summed E-state index contributed by atoms with van der Waals surface area (Å²) in [7, 11) is 1.71. The average Bonchev–Trinajstić information content (AvgIpc) is 2.72. The molecule has 0 aliphatic rings. The number of aromatic nitrogens is 2. The zero-order chi connectivity index (χ0) is 14.0. The topological polar surface area (TPSA) is 75.3 Å².